The second kappa shape index (κ2) is 5.05. The number of ether oxygens (including phenoxy) is 1. The van der Waals surface area contributed by atoms with Crippen LogP contribution in [0.25, 0.3) is 0 Å². The number of nitrogens with zero attached hydrogens (tertiary/aromatic N) is 2. The smallest absolute Gasteiger partial charge is 0.247 e. The van der Waals surface area contributed by atoms with Crippen LogP contribution in [0.15, 0.2) is 24.3 Å². The molecule has 6 heteroatoms. The van der Waals surface area contributed by atoms with Crippen LogP contribution in [0.5, 0.6) is 11.6 Å². The third-order valence-electron chi connectivity index (χ3n) is 2.08. The first-order chi connectivity index (χ1) is 8.06. The molecule has 1 aromatic carbocycles. The first-order valence-electron chi connectivity index (χ1n) is 4.79. The maximum absolute atomic E-state index is 5.83. The van der Waals surface area contributed by atoms with Crippen LogP contribution in [0, 0.1) is 10.5 Å². The Morgan fingerprint density at radius 1 is 1.35 bits per heavy atom. The van der Waals surface area contributed by atoms with Gasteiger partial charge in [-0.05, 0) is 59.3 Å². The quantitative estimate of drug-likeness (QED) is 0.658. The topological polar surface area (TPSA) is 61.0 Å². The first kappa shape index (κ1) is 12.4. The van der Waals surface area contributed by atoms with Gasteiger partial charge in [-0.1, -0.05) is 6.07 Å². The molecule has 1 aromatic heterocycles. The number of rotatable bonds is 2. The van der Waals surface area contributed by atoms with E-state index >= 15 is 0 Å². The SMILES string of the molecule is Cc1nc(Cl)nc(Oc2cccc(I)c2)c1N. The standard InChI is InChI=1S/C11H9ClIN3O/c1-6-9(14)10(16-11(12)15-6)17-8-4-2-3-7(13)5-8/h2-5H,14H2,1H3. The molecule has 0 saturated heterocycles. The maximum atomic E-state index is 5.83. The summed E-state index contributed by atoms with van der Waals surface area (Å²) in [4.78, 5) is 7.90. The Morgan fingerprint density at radius 3 is 2.82 bits per heavy atom. The van der Waals surface area contributed by atoms with Crippen LogP contribution in [-0.2, 0) is 0 Å². The van der Waals surface area contributed by atoms with Gasteiger partial charge in [0.05, 0.1) is 5.69 Å². The Kier molecular flexibility index (Phi) is 3.68. The molecule has 0 spiro atoms. The summed E-state index contributed by atoms with van der Waals surface area (Å²) in [6, 6.07) is 7.57. The van der Waals surface area contributed by atoms with Gasteiger partial charge in [-0.3, -0.25) is 0 Å². The number of benzene rings is 1. The van der Waals surface area contributed by atoms with Crippen molar-refractivity contribution in [3.63, 3.8) is 0 Å². The summed E-state index contributed by atoms with van der Waals surface area (Å²) in [5.41, 5.74) is 6.83. The van der Waals surface area contributed by atoms with E-state index in [0.29, 0.717) is 17.1 Å². The van der Waals surface area contributed by atoms with Crippen molar-refractivity contribution >= 4 is 39.9 Å². The molecule has 2 aromatic rings. The molecular weight excluding hydrogens is 352 g/mol. The molecule has 0 aliphatic heterocycles. The van der Waals surface area contributed by atoms with E-state index in [4.69, 9.17) is 22.1 Å². The maximum Gasteiger partial charge on any atom is 0.247 e. The normalized spacial score (nSPS) is 10.3. The van der Waals surface area contributed by atoms with E-state index in [0.717, 1.165) is 3.57 Å². The number of hydrogen-bond acceptors (Lipinski definition) is 4. The van der Waals surface area contributed by atoms with Crippen molar-refractivity contribution in [1.82, 2.24) is 9.97 Å². The van der Waals surface area contributed by atoms with Gasteiger partial charge in [0.2, 0.25) is 11.2 Å². The zero-order chi connectivity index (χ0) is 12.4. The lowest BCUT2D eigenvalue weighted by molar-refractivity contribution is 0.463. The van der Waals surface area contributed by atoms with Crippen LogP contribution < -0.4 is 10.5 Å². The Labute approximate surface area is 117 Å². The average molecular weight is 362 g/mol. The molecule has 0 aliphatic rings. The summed E-state index contributed by atoms with van der Waals surface area (Å²) in [6.07, 6.45) is 0. The average Bonchev–Trinajstić information content (AvgIpc) is 2.25. The Balaban J connectivity index is 2.36. The number of nitrogen functional groups attached to an aromatic ring is 1. The van der Waals surface area contributed by atoms with Crippen LogP contribution in [-0.4, -0.2) is 9.97 Å². The van der Waals surface area contributed by atoms with E-state index < -0.39 is 0 Å². The van der Waals surface area contributed by atoms with E-state index in [9.17, 15) is 0 Å². The number of nitrogens with two attached hydrogens (primary N) is 1. The van der Waals surface area contributed by atoms with Gasteiger partial charge >= 0.3 is 0 Å². The van der Waals surface area contributed by atoms with Crippen LogP contribution in [0.4, 0.5) is 5.69 Å². The molecule has 0 saturated carbocycles. The lowest BCUT2D eigenvalue weighted by Crippen LogP contribution is -2.00. The molecule has 0 unspecified atom stereocenters. The lowest BCUT2D eigenvalue weighted by atomic mass is 10.3. The number of aromatic nitrogens is 2. The lowest BCUT2D eigenvalue weighted by Gasteiger charge is -2.09. The van der Waals surface area contributed by atoms with Crippen molar-refractivity contribution in [2.45, 2.75) is 6.92 Å². The molecule has 0 amide bonds. The Morgan fingerprint density at radius 2 is 2.12 bits per heavy atom. The predicted molar refractivity (Wildman–Crippen MR) is 75.4 cm³/mol. The van der Waals surface area contributed by atoms with Crippen molar-refractivity contribution in [2.24, 2.45) is 0 Å². The molecule has 0 radical (unpaired) electrons. The third-order valence-corrected chi connectivity index (χ3v) is 2.92. The van der Waals surface area contributed by atoms with Crippen molar-refractivity contribution < 1.29 is 4.74 Å². The van der Waals surface area contributed by atoms with Crippen LogP contribution in [0.1, 0.15) is 5.69 Å². The van der Waals surface area contributed by atoms with E-state index in [1.165, 1.54) is 0 Å². The Hall–Kier alpha value is -1.08. The van der Waals surface area contributed by atoms with Gasteiger partial charge in [-0.25, -0.2) is 4.98 Å². The van der Waals surface area contributed by atoms with Crippen molar-refractivity contribution in [1.29, 1.82) is 0 Å². The summed E-state index contributed by atoms with van der Waals surface area (Å²) >= 11 is 7.96. The fourth-order valence-electron chi connectivity index (χ4n) is 1.24. The molecule has 88 valence electrons. The first-order valence-corrected chi connectivity index (χ1v) is 6.25. The van der Waals surface area contributed by atoms with E-state index in [1.54, 1.807) is 6.92 Å². The third kappa shape index (κ3) is 2.98. The van der Waals surface area contributed by atoms with E-state index in [1.807, 2.05) is 24.3 Å². The molecule has 1 heterocycles. The largest absolute Gasteiger partial charge is 0.437 e. The summed E-state index contributed by atoms with van der Waals surface area (Å²) in [5, 5.41) is 0.123. The minimum atomic E-state index is 0.123. The highest BCUT2D eigenvalue weighted by molar-refractivity contribution is 14.1. The van der Waals surface area contributed by atoms with Crippen molar-refractivity contribution in [3.05, 3.63) is 38.8 Å². The fourth-order valence-corrected chi connectivity index (χ4v) is 1.96. The van der Waals surface area contributed by atoms with Crippen molar-refractivity contribution in [2.75, 3.05) is 5.73 Å². The van der Waals surface area contributed by atoms with Crippen LogP contribution >= 0.6 is 34.2 Å². The van der Waals surface area contributed by atoms with Gasteiger partial charge in [0.25, 0.3) is 0 Å². The zero-order valence-electron chi connectivity index (χ0n) is 8.95. The van der Waals surface area contributed by atoms with Gasteiger partial charge < -0.3 is 10.5 Å². The fraction of sp³-hybridized carbons (Fsp3) is 0.0909. The number of halogens is 2. The van der Waals surface area contributed by atoms with Gasteiger partial charge in [-0.2, -0.15) is 4.98 Å². The minimum absolute atomic E-state index is 0.123. The molecule has 0 bridgehead atoms. The van der Waals surface area contributed by atoms with E-state index in [2.05, 4.69) is 32.6 Å². The summed E-state index contributed by atoms with van der Waals surface area (Å²) in [5.74, 6) is 0.947. The van der Waals surface area contributed by atoms with Crippen molar-refractivity contribution in [3.8, 4) is 11.6 Å². The summed E-state index contributed by atoms with van der Waals surface area (Å²) < 4.78 is 6.65. The minimum Gasteiger partial charge on any atom is -0.437 e. The molecule has 0 fully saturated rings. The monoisotopic (exact) mass is 361 g/mol. The van der Waals surface area contributed by atoms with Gasteiger partial charge in [0.1, 0.15) is 11.4 Å². The molecule has 0 aliphatic carbocycles. The summed E-state index contributed by atoms with van der Waals surface area (Å²) in [7, 11) is 0. The highest BCUT2D eigenvalue weighted by atomic mass is 127. The van der Waals surface area contributed by atoms with Gasteiger partial charge in [-0.15, -0.1) is 0 Å². The molecule has 0 atom stereocenters. The Bertz CT molecular complexity index is 562. The second-order valence-corrected chi connectivity index (χ2v) is 4.94. The van der Waals surface area contributed by atoms with Gasteiger partial charge in [0, 0.05) is 3.57 Å². The summed E-state index contributed by atoms with van der Waals surface area (Å²) in [6.45, 7) is 1.75. The number of anilines is 1. The molecule has 2 rings (SSSR count). The zero-order valence-corrected chi connectivity index (χ0v) is 11.9. The van der Waals surface area contributed by atoms with Crippen LogP contribution in [0.3, 0.4) is 0 Å². The number of hydrogen-bond donors (Lipinski definition) is 1. The second-order valence-electron chi connectivity index (χ2n) is 3.36. The molecular formula is C11H9ClIN3O. The highest BCUT2D eigenvalue weighted by Gasteiger charge is 2.10. The molecule has 2 N–H and O–H groups in total. The van der Waals surface area contributed by atoms with E-state index in [-0.39, 0.29) is 11.2 Å². The number of aryl methyl sites for hydroxylation is 1. The highest BCUT2D eigenvalue weighted by Crippen LogP contribution is 2.28. The molecule has 4 nitrogen and oxygen atoms in total. The van der Waals surface area contributed by atoms with Crippen LogP contribution in [0.2, 0.25) is 5.28 Å². The van der Waals surface area contributed by atoms with Gasteiger partial charge in [0.15, 0.2) is 0 Å². The predicted octanol–water partition coefficient (Wildman–Crippen LogP) is 3.42. The molecule has 17 heavy (non-hydrogen) atoms.